The highest BCUT2D eigenvalue weighted by Gasteiger charge is 2.35. The van der Waals surface area contributed by atoms with Crippen LogP contribution in [-0.4, -0.2) is 11.9 Å². The third kappa shape index (κ3) is 2.46. The second-order valence-corrected chi connectivity index (χ2v) is 5.99. The fraction of sp³-hybridized carbons (Fsp3) is 0.500. The fourth-order valence-electron chi connectivity index (χ4n) is 2.56. The minimum atomic E-state index is -0.132. The van der Waals surface area contributed by atoms with Gasteiger partial charge in [0.2, 0.25) is 0 Å². The van der Waals surface area contributed by atoms with Gasteiger partial charge >= 0.3 is 0 Å². The SMILES string of the molecule is CC1(C)CCCC1NC(=O)c1cccc(N)c1Cl. The smallest absolute Gasteiger partial charge is 0.253 e. The molecule has 1 aromatic rings. The van der Waals surface area contributed by atoms with Crippen LogP contribution in [0.25, 0.3) is 0 Å². The summed E-state index contributed by atoms with van der Waals surface area (Å²) in [5, 5.41) is 3.41. The van der Waals surface area contributed by atoms with Gasteiger partial charge in [-0.25, -0.2) is 0 Å². The Kier molecular flexibility index (Phi) is 3.53. The third-order valence-electron chi connectivity index (χ3n) is 3.84. The Bertz CT molecular complexity index is 471. The molecule has 0 saturated heterocycles. The Labute approximate surface area is 113 Å². The Morgan fingerprint density at radius 3 is 2.83 bits per heavy atom. The van der Waals surface area contributed by atoms with Crippen LogP contribution in [0.2, 0.25) is 5.02 Å². The normalized spacial score (nSPS) is 21.8. The van der Waals surface area contributed by atoms with E-state index < -0.39 is 0 Å². The van der Waals surface area contributed by atoms with Crippen LogP contribution in [0.5, 0.6) is 0 Å². The van der Waals surface area contributed by atoms with Crippen molar-refractivity contribution in [3.8, 4) is 0 Å². The van der Waals surface area contributed by atoms with Gasteiger partial charge in [-0.3, -0.25) is 4.79 Å². The molecule has 0 aliphatic heterocycles. The number of benzene rings is 1. The number of hydrogen-bond donors (Lipinski definition) is 2. The van der Waals surface area contributed by atoms with Crippen LogP contribution in [0.4, 0.5) is 5.69 Å². The van der Waals surface area contributed by atoms with E-state index in [9.17, 15) is 4.79 Å². The second kappa shape index (κ2) is 4.81. The van der Waals surface area contributed by atoms with Crippen LogP contribution in [0.3, 0.4) is 0 Å². The van der Waals surface area contributed by atoms with E-state index in [0.29, 0.717) is 16.3 Å². The Hall–Kier alpha value is -1.22. The highest BCUT2D eigenvalue weighted by Crippen LogP contribution is 2.37. The molecule has 4 heteroatoms. The second-order valence-electron chi connectivity index (χ2n) is 5.62. The number of nitrogens with one attached hydrogen (secondary N) is 1. The summed E-state index contributed by atoms with van der Waals surface area (Å²) in [6.07, 6.45) is 3.32. The molecule has 2 rings (SSSR count). The number of amides is 1. The highest BCUT2D eigenvalue weighted by atomic mass is 35.5. The van der Waals surface area contributed by atoms with E-state index in [-0.39, 0.29) is 17.4 Å². The average Bonchev–Trinajstić information content (AvgIpc) is 2.62. The van der Waals surface area contributed by atoms with E-state index in [4.69, 9.17) is 17.3 Å². The van der Waals surface area contributed by atoms with Crippen LogP contribution in [-0.2, 0) is 0 Å². The van der Waals surface area contributed by atoms with Gasteiger partial charge in [-0.15, -0.1) is 0 Å². The minimum absolute atomic E-state index is 0.132. The molecule has 98 valence electrons. The topological polar surface area (TPSA) is 55.1 Å². The molecule has 1 amide bonds. The molecule has 1 saturated carbocycles. The Morgan fingerprint density at radius 1 is 1.50 bits per heavy atom. The molecule has 0 aromatic heterocycles. The van der Waals surface area contributed by atoms with Gasteiger partial charge in [-0.1, -0.05) is 37.9 Å². The summed E-state index contributed by atoms with van der Waals surface area (Å²) in [6.45, 7) is 4.37. The maximum absolute atomic E-state index is 12.2. The molecule has 0 spiro atoms. The summed E-state index contributed by atoms with van der Waals surface area (Å²) in [4.78, 5) is 12.2. The largest absolute Gasteiger partial charge is 0.398 e. The molecule has 1 aliphatic carbocycles. The maximum atomic E-state index is 12.2. The van der Waals surface area contributed by atoms with Crippen molar-refractivity contribution in [1.82, 2.24) is 5.32 Å². The molecule has 0 heterocycles. The highest BCUT2D eigenvalue weighted by molar-refractivity contribution is 6.36. The number of nitrogen functional groups attached to an aromatic ring is 1. The van der Waals surface area contributed by atoms with Gasteiger partial charge in [0.25, 0.3) is 5.91 Å². The number of carbonyl (C=O) groups is 1. The predicted molar refractivity (Wildman–Crippen MR) is 74.8 cm³/mol. The van der Waals surface area contributed by atoms with E-state index in [1.54, 1.807) is 18.2 Å². The standard InChI is InChI=1S/C14H19ClN2O/c1-14(2)8-4-7-11(14)17-13(18)9-5-3-6-10(16)12(9)15/h3,5-6,11H,4,7-8,16H2,1-2H3,(H,17,18). The molecule has 0 radical (unpaired) electrons. The number of anilines is 1. The minimum Gasteiger partial charge on any atom is -0.398 e. The quantitative estimate of drug-likeness (QED) is 0.808. The van der Waals surface area contributed by atoms with Gasteiger partial charge in [0.15, 0.2) is 0 Å². The zero-order chi connectivity index (χ0) is 13.3. The lowest BCUT2D eigenvalue weighted by atomic mass is 9.87. The van der Waals surface area contributed by atoms with Crippen LogP contribution >= 0.6 is 11.6 Å². The summed E-state index contributed by atoms with van der Waals surface area (Å²) >= 11 is 6.06. The number of carbonyl (C=O) groups excluding carboxylic acids is 1. The van der Waals surface area contributed by atoms with E-state index in [1.165, 1.54) is 0 Å². The van der Waals surface area contributed by atoms with E-state index in [2.05, 4.69) is 19.2 Å². The van der Waals surface area contributed by atoms with Crippen molar-refractivity contribution in [2.45, 2.75) is 39.2 Å². The van der Waals surface area contributed by atoms with Crippen molar-refractivity contribution in [3.05, 3.63) is 28.8 Å². The van der Waals surface area contributed by atoms with Crippen molar-refractivity contribution in [3.63, 3.8) is 0 Å². The Balaban J connectivity index is 2.15. The van der Waals surface area contributed by atoms with E-state index in [1.807, 2.05) is 0 Å². The summed E-state index contributed by atoms with van der Waals surface area (Å²) in [5.41, 5.74) is 6.76. The van der Waals surface area contributed by atoms with Crippen molar-refractivity contribution < 1.29 is 4.79 Å². The summed E-state index contributed by atoms with van der Waals surface area (Å²) in [6, 6.07) is 5.35. The summed E-state index contributed by atoms with van der Waals surface area (Å²) in [7, 11) is 0. The fourth-order valence-corrected chi connectivity index (χ4v) is 2.77. The first-order chi connectivity index (χ1) is 8.42. The molecule has 1 unspecified atom stereocenters. The number of hydrogen-bond acceptors (Lipinski definition) is 2. The predicted octanol–water partition coefficient (Wildman–Crippen LogP) is 3.23. The molecule has 1 atom stereocenters. The molecular formula is C14H19ClN2O. The Morgan fingerprint density at radius 2 is 2.22 bits per heavy atom. The summed E-state index contributed by atoms with van der Waals surface area (Å²) in [5.74, 6) is -0.132. The molecule has 18 heavy (non-hydrogen) atoms. The van der Waals surface area contributed by atoms with E-state index >= 15 is 0 Å². The van der Waals surface area contributed by atoms with Crippen molar-refractivity contribution >= 4 is 23.2 Å². The third-order valence-corrected chi connectivity index (χ3v) is 4.26. The van der Waals surface area contributed by atoms with Gasteiger partial charge in [-0.05, 0) is 30.4 Å². The van der Waals surface area contributed by atoms with Gasteiger partial charge in [0, 0.05) is 6.04 Å². The number of nitrogens with two attached hydrogens (primary N) is 1. The van der Waals surface area contributed by atoms with Crippen LogP contribution < -0.4 is 11.1 Å². The van der Waals surface area contributed by atoms with Crippen LogP contribution in [0.15, 0.2) is 18.2 Å². The van der Waals surface area contributed by atoms with Crippen molar-refractivity contribution in [1.29, 1.82) is 0 Å². The molecule has 0 bridgehead atoms. The summed E-state index contributed by atoms with van der Waals surface area (Å²) < 4.78 is 0. The molecular weight excluding hydrogens is 248 g/mol. The average molecular weight is 267 g/mol. The zero-order valence-electron chi connectivity index (χ0n) is 10.8. The zero-order valence-corrected chi connectivity index (χ0v) is 11.6. The first kappa shape index (κ1) is 13.2. The van der Waals surface area contributed by atoms with Crippen LogP contribution in [0, 0.1) is 5.41 Å². The van der Waals surface area contributed by atoms with E-state index in [0.717, 1.165) is 19.3 Å². The van der Waals surface area contributed by atoms with Gasteiger partial charge in [0.1, 0.15) is 0 Å². The molecule has 1 aromatic carbocycles. The lowest BCUT2D eigenvalue weighted by Crippen LogP contribution is -2.41. The first-order valence-electron chi connectivity index (χ1n) is 6.26. The van der Waals surface area contributed by atoms with Crippen molar-refractivity contribution in [2.75, 3.05) is 5.73 Å². The van der Waals surface area contributed by atoms with Gasteiger partial charge in [-0.2, -0.15) is 0 Å². The molecule has 3 nitrogen and oxygen atoms in total. The molecule has 3 N–H and O–H groups in total. The monoisotopic (exact) mass is 266 g/mol. The van der Waals surface area contributed by atoms with Crippen LogP contribution in [0.1, 0.15) is 43.5 Å². The lowest BCUT2D eigenvalue weighted by molar-refractivity contribution is 0.0910. The first-order valence-corrected chi connectivity index (χ1v) is 6.64. The molecule has 1 fully saturated rings. The van der Waals surface area contributed by atoms with Gasteiger partial charge < -0.3 is 11.1 Å². The van der Waals surface area contributed by atoms with Crippen molar-refractivity contribution in [2.24, 2.45) is 5.41 Å². The number of rotatable bonds is 2. The number of halogens is 1. The maximum Gasteiger partial charge on any atom is 0.253 e. The molecule has 1 aliphatic rings. The lowest BCUT2D eigenvalue weighted by Gasteiger charge is -2.28. The van der Waals surface area contributed by atoms with Gasteiger partial charge in [0.05, 0.1) is 16.3 Å².